The molecule has 4 rings (SSSR count). The van der Waals surface area contributed by atoms with Gasteiger partial charge in [0.25, 0.3) is 10.0 Å². The number of hydrogen-bond acceptors (Lipinski definition) is 4. The van der Waals surface area contributed by atoms with E-state index >= 15 is 0 Å². The summed E-state index contributed by atoms with van der Waals surface area (Å²) in [6.45, 7) is 0. The number of benzene rings is 2. The average molecular weight is 378 g/mol. The molecule has 0 aliphatic rings. The molecule has 0 bridgehead atoms. The smallest absolute Gasteiger partial charge is 0.338 e. The Balaban J connectivity index is 2.20. The lowest BCUT2D eigenvalue weighted by Gasteiger charge is -2.12. The third-order valence-corrected chi connectivity index (χ3v) is 5.96. The minimum atomic E-state index is -4.04. The number of aromatic carboxylic acids is 1. The molecule has 2 heterocycles. The van der Waals surface area contributed by atoms with E-state index in [0.29, 0.717) is 10.9 Å². The highest BCUT2D eigenvalue weighted by atomic mass is 32.2. The van der Waals surface area contributed by atoms with Crippen molar-refractivity contribution in [3.8, 4) is 11.4 Å². The van der Waals surface area contributed by atoms with Gasteiger partial charge in [0.2, 0.25) is 0 Å². The molecule has 134 valence electrons. The Labute approximate surface area is 155 Å². The Kier molecular flexibility index (Phi) is 4.01. The number of carboxylic acid groups (broad SMARTS) is 1. The van der Waals surface area contributed by atoms with Gasteiger partial charge >= 0.3 is 5.97 Å². The van der Waals surface area contributed by atoms with Gasteiger partial charge in [-0.05, 0) is 30.3 Å². The molecular formula is C20H14N2O4S. The molecule has 0 aliphatic heterocycles. The van der Waals surface area contributed by atoms with Crippen LogP contribution < -0.4 is 0 Å². The average Bonchev–Trinajstić information content (AvgIpc) is 3.05. The summed E-state index contributed by atoms with van der Waals surface area (Å²) in [5.74, 6) is -1.21. The molecule has 0 saturated carbocycles. The summed E-state index contributed by atoms with van der Waals surface area (Å²) >= 11 is 0. The Morgan fingerprint density at radius 1 is 0.889 bits per heavy atom. The van der Waals surface area contributed by atoms with Crippen LogP contribution in [-0.4, -0.2) is 28.5 Å². The SMILES string of the molecule is O=C(O)c1c(-c2ccccn2)n(S(=O)(=O)c2ccccc2)c2ccccc12. The van der Waals surface area contributed by atoms with Crippen molar-refractivity contribution in [2.24, 2.45) is 0 Å². The molecule has 0 spiro atoms. The standard InChI is InChI=1S/C20H14N2O4S/c23-20(24)18-15-10-4-5-12-17(15)22(19(18)16-11-6-7-13-21-16)27(25,26)14-8-2-1-3-9-14/h1-13H,(H,23,24). The van der Waals surface area contributed by atoms with Gasteiger partial charge in [0.1, 0.15) is 0 Å². The number of para-hydroxylation sites is 1. The van der Waals surface area contributed by atoms with E-state index in [0.717, 1.165) is 3.97 Å². The van der Waals surface area contributed by atoms with Crippen LogP contribution in [0.4, 0.5) is 0 Å². The summed E-state index contributed by atoms with van der Waals surface area (Å²) in [5, 5.41) is 10.2. The maximum atomic E-state index is 13.4. The highest BCUT2D eigenvalue weighted by molar-refractivity contribution is 7.90. The first kappa shape index (κ1) is 17.0. The zero-order valence-electron chi connectivity index (χ0n) is 14.0. The summed E-state index contributed by atoms with van der Waals surface area (Å²) in [5.41, 5.74) is 0.502. The number of rotatable bonds is 4. The predicted octanol–water partition coefficient (Wildman–Crippen LogP) is 3.64. The molecule has 2 aromatic carbocycles. The van der Waals surface area contributed by atoms with Gasteiger partial charge in [-0.15, -0.1) is 0 Å². The monoisotopic (exact) mass is 378 g/mol. The molecule has 6 nitrogen and oxygen atoms in total. The Morgan fingerprint density at radius 3 is 2.22 bits per heavy atom. The number of pyridine rings is 1. The van der Waals surface area contributed by atoms with E-state index < -0.39 is 16.0 Å². The first-order valence-electron chi connectivity index (χ1n) is 8.10. The maximum absolute atomic E-state index is 13.4. The van der Waals surface area contributed by atoms with Gasteiger partial charge in [0, 0.05) is 11.6 Å². The van der Waals surface area contributed by atoms with E-state index in [4.69, 9.17) is 0 Å². The van der Waals surface area contributed by atoms with Crippen molar-refractivity contribution in [2.45, 2.75) is 4.90 Å². The fraction of sp³-hybridized carbons (Fsp3) is 0. The fourth-order valence-corrected chi connectivity index (χ4v) is 4.67. The molecule has 4 aromatic rings. The zero-order chi connectivity index (χ0) is 19.0. The number of fused-ring (bicyclic) bond motifs is 1. The van der Waals surface area contributed by atoms with Crippen LogP contribution in [0, 0.1) is 0 Å². The molecule has 0 atom stereocenters. The summed E-state index contributed by atoms with van der Waals surface area (Å²) < 4.78 is 27.9. The molecule has 1 N–H and O–H groups in total. The van der Waals surface area contributed by atoms with Gasteiger partial charge in [-0.25, -0.2) is 17.2 Å². The number of hydrogen-bond donors (Lipinski definition) is 1. The molecule has 0 amide bonds. The molecule has 0 saturated heterocycles. The van der Waals surface area contributed by atoms with Crippen molar-refractivity contribution < 1.29 is 18.3 Å². The van der Waals surface area contributed by atoms with Crippen LogP contribution in [0.2, 0.25) is 0 Å². The highest BCUT2D eigenvalue weighted by Gasteiger charge is 2.30. The van der Waals surface area contributed by atoms with Gasteiger partial charge < -0.3 is 5.11 Å². The van der Waals surface area contributed by atoms with Crippen molar-refractivity contribution in [3.05, 3.63) is 84.6 Å². The number of carboxylic acids is 1. The Morgan fingerprint density at radius 2 is 1.56 bits per heavy atom. The highest BCUT2D eigenvalue weighted by Crippen LogP contribution is 2.36. The second-order valence-electron chi connectivity index (χ2n) is 5.84. The van der Waals surface area contributed by atoms with Crippen molar-refractivity contribution in [1.29, 1.82) is 0 Å². The summed E-state index contributed by atoms with van der Waals surface area (Å²) in [6.07, 6.45) is 1.50. The van der Waals surface area contributed by atoms with E-state index in [2.05, 4.69) is 4.98 Å². The van der Waals surface area contributed by atoms with Gasteiger partial charge in [0.15, 0.2) is 0 Å². The second-order valence-corrected chi connectivity index (χ2v) is 7.63. The minimum Gasteiger partial charge on any atom is -0.478 e. The first-order chi connectivity index (χ1) is 13.0. The van der Waals surface area contributed by atoms with Crippen LogP contribution in [0.15, 0.2) is 83.9 Å². The van der Waals surface area contributed by atoms with Crippen LogP contribution in [0.3, 0.4) is 0 Å². The lowest BCUT2D eigenvalue weighted by molar-refractivity contribution is 0.0700. The lowest BCUT2D eigenvalue weighted by atomic mass is 10.1. The van der Waals surface area contributed by atoms with Crippen LogP contribution in [-0.2, 0) is 10.0 Å². The molecule has 0 fully saturated rings. The van der Waals surface area contributed by atoms with Gasteiger partial charge in [-0.1, -0.05) is 42.5 Å². The third kappa shape index (κ3) is 2.69. The lowest BCUT2D eigenvalue weighted by Crippen LogP contribution is -2.15. The molecule has 0 unspecified atom stereocenters. The third-order valence-electron chi connectivity index (χ3n) is 4.23. The summed E-state index contributed by atoms with van der Waals surface area (Å²) in [7, 11) is -4.04. The topological polar surface area (TPSA) is 89.3 Å². The molecule has 0 radical (unpaired) electrons. The van der Waals surface area contributed by atoms with Crippen LogP contribution in [0.1, 0.15) is 10.4 Å². The quantitative estimate of drug-likeness (QED) is 0.586. The van der Waals surface area contributed by atoms with E-state index in [9.17, 15) is 18.3 Å². The molecular weight excluding hydrogens is 364 g/mol. The van der Waals surface area contributed by atoms with Crippen molar-refractivity contribution in [1.82, 2.24) is 8.96 Å². The van der Waals surface area contributed by atoms with Gasteiger partial charge in [-0.3, -0.25) is 4.98 Å². The Bertz CT molecular complexity index is 1250. The summed E-state index contributed by atoms with van der Waals surface area (Å²) in [4.78, 5) is 16.3. The van der Waals surface area contributed by atoms with Crippen LogP contribution in [0.25, 0.3) is 22.3 Å². The Hall–Kier alpha value is -3.45. The van der Waals surface area contributed by atoms with E-state index in [1.165, 1.54) is 18.3 Å². The molecule has 2 aromatic heterocycles. The largest absolute Gasteiger partial charge is 0.478 e. The van der Waals surface area contributed by atoms with Crippen LogP contribution in [0.5, 0.6) is 0 Å². The van der Waals surface area contributed by atoms with Crippen molar-refractivity contribution in [2.75, 3.05) is 0 Å². The van der Waals surface area contributed by atoms with E-state index in [1.54, 1.807) is 60.7 Å². The fourth-order valence-electron chi connectivity index (χ4n) is 3.11. The maximum Gasteiger partial charge on any atom is 0.338 e. The molecule has 0 aliphatic carbocycles. The first-order valence-corrected chi connectivity index (χ1v) is 9.54. The number of aromatic nitrogens is 2. The zero-order valence-corrected chi connectivity index (χ0v) is 14.8. The predicted molar refractivity (Wildman–Crippen MR) is 101 cm³/mol. The van der Waals surface area contributed by atoms with E-state index in [-0.39, 0.29) is 21.8 Å². The second kappa shape index (κ2) is 6.37. The number of carbonyl (C=O) groups is 1. The normalized spacial score (nSPS) is 11.6. The molecule has 27 heavy (non-hydrogen) atoms. The van der Waals surface area contributed by atoms with Crippen molar-refractivity contribution in [3.63, 3.8) is 0 Å². The van der Waals surface area contributed by atoms with Crippen LogP contribution >= 0.6 is 0 Å². The van der Waals surface area contributed by atoms with Gasteiger partial charge in [-0.2, -0.15) is 0 Å². The van der Waals surface area contributed by atoms with Gasteiger partial charge in [0.05, 0.1) is 27.4 Å². The minimum absolute atomic E-state index is 0.0353. The number of nitrogens with zero attached hydrogens (tertiary/aromatic N) is 2. The summed E-state index contributed by atoms with van der Waals surface area (Å²) in [6, 6.07) is 19.4. The molecule has 7 heteroatoms. The van der Waals surface area contributed by atoms with E-state index in [1.807, 2.05) is 0 Å². The van der Waals surface area contributed by atoms with Crippen molar-refractivity contribution >= 4 is 26.9 Å².